The van der Waals surface area contributed by atoms with Crippen LogP contribution in [0.15, 0.2) is 53.5 Å². The van der Waals surface area contributed by atoms with Crippen LogP contribution >= 0.6 is 23.2 Å². The van der Waals surface area contributed by atoms with E-state index in [9.17, 15) is 14.7 Å². The fourth-order valence-electron chi connectivity index (χ4n) is 3.68. The summed E-state index contributed by atoms with van der Waals surface area (Å²) in [6, 6.07) is 13.8. The lowest BCUT2D eigenvalue weighted by atomic mass is 10.0. The van der Waals surface area contributed by atoms with E-state index in [1.165, 1.54) is 11.8 Å². The van der Waals surface area contributed by atoms with Crippen LogP contribution < -0.4 is 5.43 Å². The molecule has 3 aromatic rings. The van der Waals surface area contributed by atoms with Crippen LogP contribution in [-0.2, 0) is 6.54 Å². The Balaban J connectivity index is 1.98. The van der Waals surface area contributed by atoms with Crippen molar-refractivity contribution >= 4 is 40.1 Å². The maximum Gasteiger partial charge on any atom is 0.341 e. The molecule has 1 N–H and O–H groups in total. The molecule has 1 heterocycles. The molecule has 0 spiro atoms. The SMILES string of the molecule is CC(C)n1cc(C(=O)O)c(=O)c2ccc(-c3ccc(CN(CCCl)CCCl)cc3)cc21. The highest BCUT2D eigenvalue weighted by atomic mass is 35.5. The first-order valence-corrected chi connectivity index (χ1v) is 11.3. The summed E-state index contributed by atoms with van der Waals surface area (Å²) in [4.78, 5) is 26.3. The number of aromatic nitrogens is 1. The van der Waals surface area contributed by atoms with Gasteiger partial charge in [0.15, 0.2) is 0 Å². The lowest BCUT2D eigenvalue weighted by Gasteiger charge is -2.20. The maximum absolute atomic E-state index is 12.6. The summed E-state index contributed by atoms with van der Waals surface area (Å²) >= 11 is 11.8. The largest absolute Gasteiger partial charge is 0.477 e. The van der Waals surface area contributed by atoms with E-state index in [1.807, 2.05) is 30.5 Å². The van der Waals surface area contributed by atoms with Crippen LogP contribution in [0.1, 0.15) is 35.8 Å². The van der Waals surface area contributed by atoms with Gasteiger partial charge in [0, 0.05) is 49.0 Å². The van der Waals surface area contributed by atoms with Gasteiger partial charge in [0.05, 0.1) is 5.52 Å². The van der Waals surface area contributed by atoms with E-state index in [4.69, 9.17) is 23.2 Å². The minimum absolute atomic E-state index is 0.00803. The van der Waals surface area contributed by atoms with E-state index in [1.54, 1.807) is 6.07 Å². The number of alkyl halides is 2. The Kier molecular flexibility index (Phi) is 7.76. The first kappa shape index (κ1) is 23.3. The lowest BCUT2D eigenvalue weighted by Crippen LogP contribution is -2.27. The average Bonchev–Trinajstić information content (AvgIpc) is 2.74. The van der Waals surface area contributed by atoms with Gasteiger partial charge in [-0.25, -0.2) is 4.79 Å². The number of carbonyl (C=O) groups is 1. The first-order chi connectivity index (χ1) is 14.8. The highest BCUT2D eigenvalue weighted by Crippen LogP contribution is 2.26. The third-order valence-electron chi connectivity index (χ3n) is 5.32. The molecule has 0 atom stereocenters. The Bertz CT molecular complexity index is 1120. The van der Waals surface area contributed by atoms with Crippen LogP contribution in [-0.4, -0.2) is 45.4 Å². The van der Waals surface area contributed by atoms with Crippen molar-refractivity contribution in [2.75, 3.05) is 24.8 Å². The van der Waals surface area contributed by atoms with Crippen molar-refractivity contribution < 1.29 is 9.90 Å². The van der Waals surface area contributed by atoms with E-state index in [2.05, 4.69) is 29.2 Å². The molecule has 1 aromatic heterocycles. The number of hydrogen-bond donors (Lipinski definition) is 1. The van der Waals surface area contributed by atoms with Crippen LogP contribution in [0, 0.1) is 0 Å². The topological polar surface area (TPSA) is 62.5 Å². The molecule has 3 rings (SSSR count). The van der Waals surface area contributed by atoms with Gasteiger partial charge >= 0.3 is 5.97 Å². The first-order valence-electron chi connectivity index (χ1n) is 10.2. The van der Waals surface area contributed by atoms with Crippen LogP contribution in [0.3, 0.4) is 0 Å². The summed E-state index contributed by atoms with van der Waals surface area (Å²) in [6.07, 6.45) is 1.44. The fourth-order valence-corrected chi connectivity index (χ4v) is 4.16. The van der Waals surface area contributed by atoms with Gasteiger partial charge in [0.25, 0.3) is 0 Å². The summed E-state index contributed by atoms with van der Waals surface area (Å²) in [5, 5.41) is 9.80. The summed E-state index contributed by atoms with van der Waals surface area (Å²) in [7, 11) is 0. The molecule has 164 valence electrons. The van der Waals surface area contributed by atoms with Gasteiger partial charge < -0.3 is 9.67 Å². The van der Waals surface area contributed by atoms with Crippen molar-refractivity contribution in [3.05, 3.63) is 70.0 Å². The Morgan fingerprint density at radius 3 is 2.19 bits per heavy atom. The van der Waals surface area contributed by atoms with Crippen molar-refractivity contribution in [1.29, 1.82) is 0 Å². The number of nitrogens with zero attached hydrogens (tertiary/aromatic N) is 2. The third-order valence-corrected chi connectivity index (χ3v) is 5.65. The molecule has 0 bridgehead atoms. The third kappa shape index (κ3) is 5.29. The van der Waals surface area contributed by atoms with Gasteiger partial charge in [-0.3, -0.25) is 9.69 Å². The Morgan fingerprint density at radius 2 is 1.65 bits per heavy atom. The number of pyridine rings is 1. The minimum Gasteiger partial charge on any atom is -0.477 e. The van der Waals surface area contributed by atoms with E-state index in [0.717, 1.165) is 36.3 Å². The summed E-state index contributed by atoms with van der Waals surface area (Å²) in [5.41, 5.74) is 3.22. The smallest absolute Gasteiger partial charge is 0.341 e. The molecule has 0 aliphatic rings. The van der Waals surface area contributed by atoms with E-state index < -0.39 is 11.4 Å². The summed E-state index contributed by atoms with van der Waals surface area (Å²) in [5.74, 6) is -0.0845. The van der Waals surface area contributed by atoms with Gasteiger partial charge in [-0.1, -0.05) is 30.3 Å². The molecular formula is C24H26Cl2N2O3. The average molecular weight is 461 g/mol. The summed E-state index contributed by atoms with van der Waals surface area (Å²) in [6.45, 7) is 6.27. The molecule has 31 heavy (non-hydrogen) atoms. The second kappa shape index (κ2) is 10.3. The van der Waals surface area contributed by atoms with Crippen LogP contribution in [0.25, 0.3) is 22.0 Å². The second-order valence-electron chi connectivity index (χ2n) is 7.76. The molecule has 0 fully saturated rings. The predicted octanol–water partition coefficient (Wildman–Crippen LogP) is 5.23. The van der Waals surface area contributed by atoms with Gasteiger partial charge in [-0.2, -0.15) is 0 Å². The lowest BCUT2D eigenvalue weighted by molar-refractivity contribution is 0.0694. The highest BCUT2D eigenvalue weighted by Gasteiger charge is 2.16. The number of carboxylic acid groups (broad SMARTS) is 1. The van der Waals surface area contributed by atoms with Gasteiger partial charge in [-0.05, 0) is 42.7 Å². The molecule has 0 unspecified atom stereocenters. The number of halogens is 2. The van der Waals surface area contributed by atoms with Gasteiger partial charge in [0.2, 0.25) is 5.43 Å². The molecule has 0 amide bonds. The van der Waals surface area contributed by atoms with Gasteiger partial charge in [-0.15, -0.1) is 23.2 Å². The molecule has 5 nitrogen and oxygen atoms in total. The molecular weight excluding hydrogens is 435 g/mol. The maximum atomic E-state index is 12.6. The molecule has 0 saturated carbocycles. The second-order valence-corrected chi connectivity index (χ2v) is 8.52. The summed E-state index contributed by atoms with van der Waals surface area (Å²) < 4.78 is 1.84. The molecule has 0 radical (unpaired) electrons. The van der Waals surface area contributed by atoms with Crippen LogP contribution in [0.4, 0.5) is 0 Å². The van der Waals surface area contributed by atoms with Gasteiger partial charge in [0.1, 0.15) is 5.56 Å². The number of hydrogen-bond acceptors (Lipinski definition) is 3. The van der Waals surface area contributed by atoms with Crippen molar-refractivity contribution in [2.24, 2.45) is 0 Å². The zero-order valence-electron chi connectivity index (χ0n) is 17.6. The number of carboxylic acids is 1. The molecule has 0 aliphatic heterocycles. The van der Waals surface area contributed by atoms with Crippen LogP contribution in [0.5, 0.6) is 0 Å². The normalized spacial score (nSPS) is 11.5. The van der Waals surface area contributed by atoms with Crippen molar-refractivity contribution in [2.45, 2.75) is 26.4 Å². The van der Waals surface area contributed by atoms with E-state index >= 15 is 0 Å². The highest BCUT2D eigenvalue weighted by molar-refractivity contribution is 6.18. The Morgan fingerprint density at radius 1 is 1.03 bits per heavy atom. The Labute approximate surface area is 191 Å². The minimum atomic E-state index is -1.21. The number of rotatable bonds is 9. The molecule has 0 aliphatic carbocycles. The van der Waals surface area contributed by atoms with Crippen LogP contribution in [0.2, 0.25) is 0 Å². The number of fused-ring (bicyclic) bond motifs is 1. The Hall–Kier alpha value is -2.34. The number of benzene rings is 2. The van der Waals surface area contributed by atoms with E-state index in [0.29, 0.717) is 17.1 Å². The fraction of sp³-hybridized carbons (Fsp3) is 0.333. The zero-order chi connectivity index (χ0) is 22.5. The molecule has 0 saturated heterocycles. The number of aromatic carboxylic acids is 1. The molecule has 7 heteroatoms. The predicted molar refractivity (Wildman–Crippen MR) is 128 cm³/mol. The zero-order valence-corrected chi connectivity index (χ0v) is 19.2. The standard InChI is InChI=1S/C24H26Cl2N2O3/c1-16(2)28-15-21(24(30)31)23(29)20-8-7-19(13-22(20)28)18-5-3-17(4-6-18)14-27(11-9-25)12-10-26/h3-8,13,15-16H,9-12,14H2,1-2H3,(H,30,31). The monoisotopic (exact) mass is 460 g/mol. The quantitative estimate of drug-likeness (QED) is 0.444. The van der Waals surface area contributed by atoms with Crippen molar-refractivity contribution in [1.82, 2.24) is 9.47 Å². The molecule has 2 aromatic carbocycles. The van der Waals surface area contributed by atoms with Crippen molar-refractivity contribution in [3.63, 3.8) is 0 Å². The van der Waals surface area contributed by atoms with E-state index in [-0.39, 0.29) is 11.6 Å². The van der Waals surface area contributed by atoms with Crippen molar-refractivity contribution in [3.8, 4) is 11.1 Å².